The van der Waals surface area contributed by atoms with Crippen LogP contribution in [0.25, 0.3) is 0 Å². The van der Waals surface area contributed by atoms with E-state index in [4.69, 9.17) is 9.47 Å². The highest BCUT2D eigenvalue weighted by atomic mass is 32.1. The number of ether oxygens (including phenoxy) is 2. The van der Waals surface area contributed by atoms with Crippen LogP contribution < -0.4 is 10.1 Å². The molecule has 0 aliphatic heterocycles. The highest BCUT2D eigenvalue weighted by Crippen LogP contribution is 2.29. The fourth-order valence-electron chi connectivity index (χ4n) is 1.71. The fourth-order valence-corrected chi connectivity index (χ4v) is 2.37. The van der Waals surface area contributed by atoms with Crippen LogP contribution in [0, 0.1) is 13.8 Å². The largest absolute Gasteiger partial charge is 0.426 e. The highest BCUT2D eigenvalue weighted by Gasteiger charge is 2.14. The van der Waals surface area contributed by atoms with Crippen LogP contribution >= 0.6 is 11.3 Å². The summed E-state index contributed by atoms with van der Waals surface area (Å²) in [6, 6.07) is 0. The molecule has 2 aromatic heterocycles. The minimum Gasteiger partial charge on any atom is -0.426 e. The number of nitrogens with zero attached hydrogens (tertiary/aromatic N) is 4. The summed E-state index contributed by atoms with van der Waals surface area (Å²) in [5.41, 5.74) is 1.82. The van der Waals surface area contributed by atoms with Crippen LogP contribution in [-0.2, 0) is 18.3 Å². The summed E-state index contributed by atoms with van der Waals surface area (Å²) in [6.45, 7) is 6.00. The van der Waals surface area contributed by atoms with E-state index < -0.39 is 0 Å². The molecule has 0 bridgehead atoms. The zero-order valence-electron chi connectivity index (χ0n) is 12.1. The van der Waals surface area contributed by atoms with Crippen LogP contribution in [0.1, 0.15) is 16.4 Å². The number of methoxy groups -OCH3 is 1. The van der Waals surface area contributed by atoms with Gasteiger partial charge in [0.25, 0.3) is 5.19 Å². The van der Waals surface area contributed by atoms with Crippen molar-refractivity contribution in [1.82, 2.24) is 25.3 Å². The van der Waals surface area contributed by atoms with E-state index in [-0.39, 0.29) is 0 Å². The van der Waals surface area contributed by atoms with E-state index >= 15 is 0 Å². The second-order valence-corrected chi connectivity index (χ2v) is 5.38. The molecule has 8 heteroatoms. The second kappa shape index (κ2) is 6.78. The summed E-state index contributed by atoms with van der Waals surface area (Å²) in [6.07, 6.45) is 0. The molecule has 110 valence electrons. The Morgan fingerprint density at radius 1 is 1.30 bits per heavy atom. The summed E-state index contributed by atoms with van der Waals surface area (Å²) in [5.74, 6) is 0.752. The van der Waals surface area contributed by atoms with Gasteiger partial charge in [0.2, 0.25) is 0 Å². The Labute approximate surface area is 121 Å². The van der Waals surface area contributed by atoms with Gasteiger partial charge in [0.15, 0.2) is 5.75 Å². The first-order chi connectivity index (χ1) is 9.61. The summed E-state index contributed by atoms with van der Waals surface area (Å²) in [4.78, 5) is 0. The van der Waals surface area contributed by atoms with E-state index in [2.05, 4.69) is 20.6 Å². The number of aromatic nitrogens is 4. The molecule has 0 saturated carbocycles. The quantitative estimate of drug-likeness (QED) is 0.779. The highest BCUT2D eigenvalue weighted by molar-refractivity contribution is 7.13. The van der Waals surface area contributed by atoms with Crippen molar-refractivity contribution in [1.29, 1.82) is 0 Å². The smallest absolute Gasteiger partial charge is 0.299 e. The molecule has 20 heavy (non-hydrogen) atoms. The summed E-state index contributed by atoms with van der Waals surface area (Å²) in [5, 5.41) is 17.1. The van der Waals surface area contributed by atoms with Crippen molar-refractivity contribution in [3.8, 4) is 10.9 Å². The minimum absolute atomic E-state index is 0.535. The molecule has 0 amide bonds. The Hall–Kier alpha value is -1.51. The molecule has 0 spiro atoms. The number of hydrogen-bond acceptors (Lipinski definition) is 7. The molecule has 0 unspecified atom stereocenters. The van der Waals surface area contributed by atoms with Crippen molar-refractivity contribution in [2.45, 2.75) is 20.4 Å². The third-order valence-electron chi connectivity index (χ3n) is 2.84. The van der Waals surface area contributed by atoms with E-state index in [1.54, 1.807) is 11.8 Å². The topological polar surface area (TPSA) is 74.1 Å². The maximum atomic E-state index is 5.78. The fraction of sp³-hybridized carbons (Fsp3) is 0.583. The normalized spacial score (nSPS) is 11.0. The molecule has 0 atom stereocenters. The lowest BCUT2D eigenvalue weighted by molar-refractivity contribution is 0.199. The molecular weight excluding hydrogens is 278 g/mol. The molecule has 0 aliphatic rings. The van der Waals surface area contributed by atoms with Gasteiger partial charge in [-0.25, -0.2) is 0 Å². The van der Waals surface area contributed by atoms with Crippen molar-refractivity contribution in [3.05, 3.63) is 16.4 Å². The molecule has 0 aromatic carbocycles. The first-order valence-electron chi connectivity index (χ1n) is 6.32. The molecular formula is C12H19N5O2S. The van der Waals surface area contributed by atoms with Gasteiger partial charge in [-0.05, 0) is 13.8 Å². The molecule has 0 aliphatic carbocycles. The lowest BCUT2D eigenvalue weighted by Crippen LogP contribution is -2.18. The zero-order chi connectivity index (χ0) is 14.5. The van der Waals surface area contributed by atoms with Gasteiger partial charge in [0.05, 0.1) is 12.3 Å². The monoisotopic (exact) mass is 297 g/mol. The summed E-state index contributed by atoms with van der Waals surface area (Å²) in [7, 11) is 3.57. The third-order valence-corrected chi connectivity index (χ3v) is 3.64. The predicted octanol–water partition coefficient (Wildman–Crippen LogP) is 1.42. The van der Waals surface area contributed by atoms with E-state index in [1.807, 2.05) is 20.9 Å². The van der Waals surface area contributed by atoms with E-state index in [0.29, 0.717) is 18.3 Å². The van der Waals surface area contributed by atoms with Crippen LogP contribution in [0.4, 0.5) is 0 Å². The van der Waals surface area contributed by atoms with Crippen LogP contribution in [0.15, 0.2) is 0 Å². The first-order valence-corrected chi connectivity index (χ1v) is 7.13. The lowest BCUT2D eigenvalue weighted by Gasteiger charge is -2.01. The Morgan fingerprint density at radius 2 is 2.10 bits per heavy atom. The number of nitrogens with one attached hydrogen (secondary N) is 1. The van der Waals surface area contributed by atoms with Gasteiger partial charge in [-0.2, -0.15) is 5.10 Å². The van der Waals surface area contributed by atoms with Crippen molar-refractivity contribution in [2.75, 3.05) is 20.3 Å². The zero-order valence-corrected chi connectivity index (χ0v) is 13.0. The van der Waals surface area contributed by atoms with Crippen LogP contribution in [0.2, 0.25) is 0 Å². The maximum Gasteiger partial charge on any atom is 0.299 e. The van der Waals surface area contributed by atoms with E-state index in [9.17, 15) is 0 Å². The molecule has 2 rings (SSSR count). The van der Waals surface area contributed by atoms with Gasteiger partial charge < -0.3 is 14.8 Å². The van der Waals surface area contributed by atoms with Crippen molar-refractivity contribution < 1.29 is 9.47 Å². The number of rotatable bonds is 7. The Morgan fingerprint density at radius 3 is 2.75 bits per heavy atom. The van der Waals surface area contributed by atoms with Gasteiger partial charge in [-0.3, -0.25) is 4.68 Å². The summed E-state index contributed by atoms with van der Waals surface area (Å²) >= 11 is 1.43. The third kappa shape index (κ3) is 3.53. The minimum atomic E-state index is 0.535. The summed E-state index contributed by atoms with van der Waals surface area (Å²) < 4.78 is 12.5. The standard InChI is InChI=1S/C12H19N5O2S/c1-8-11(9(2)17(3)16-8)19-12-15-14-10(20-12)7-13-5-6-18-4/h13H,5-7H2,1-4H3. The first kappa shape index (κ1) is 14.9. The van der Waals surface area contributed by atoms with Crippen LogP contribution in [0.3, 0.4) is 0 Å². The molecule has 2 heterocycles. The van der Waals surface area contributed by atoms with E-state index in [1.165, 1.54) is 11.3 Å². The molecule has 0 radical (unpaired) electrons. The number of hydrogen-bond donors (Lipinski definition) is 1. The molecule has 2 aromatic rings. The van der Waals surface area contributed by atoms with Crippen LogP contribution in [-0.4, -0.2) is 40.2 Å². The SMILES string of the molecule is COCCNCc1nnc(Oc2c(C)nn(C)c2C)s1. The second-order valence-electron chi connectivity index (χ2n) is 4.36. The average molecular weight is 297 g/mol. The van der Waals surface area contributed by atoms with E-state index in [0.717, 1.165) is 28.7 Å². The van der Waals surface area contributed by atoms with Gasteiger partial charge in [-0.1, -0.05) is 16.4 Å². The maximum absolute atomic E-state index is 5.78. The lowest BCUT2D eigenvalue weighted by atomic mass is 10.3. The average Bonchev–Trinajstić information content (AvgIpc) is 2.96. The van der Waals surface area contributed by atoms with Crippen molar-refractivity contribution in [2.24, 2.45) is 7.05 Å². The van der Waals surface area contributed by atoms with Gasteiger partial charge in [0, 0.05) is 27.2 Å². The molecule has 0 fully saturated rings. The Kier molecular flexibility index (Phi) is 5.05. The van der Waals surface area contributed by atoms with Gasteiger partial charge in [-0.15, -0.1) is 5.10 Å². The molecule has 0 saturated heterocycles. The van der Waals surface area contributed by atoms with Crippen LogP contribution in [0.5, 0.6) is 10.9 Å². The molecule has 1 N–H and O–H groups in total. The van der Waals surface area contributed by atoms with Gasteiger partial charge in [0.1, 0.15) is 10.7 Å². The van der Waals surface area contributed by atoms with Crippen molar-refractivity contribution in [3.63, 3.8) is 0 Å². The Balaban J connectivity index is 1.95. The van der Waals surface area contributed by atoms with Gasteiger partial charge >= 0.3 is 0 Å². The van der Waals surface area contributed by atoms with Crippen molar-refractivity contribution >= 4 is 11.3 Å². The predicted molar refractivity (Wildman–Crippen MR) is 76.2 cm³/mol. The Bertz CT molecular complexity index is 566. The number of aryl methyl sites for hydroxylation is 2. The molecule has 7 nitrogen and oxygen atoms in total.